The van der Waals surface area contributed by atoms with Crippen molar-refractivity contribution in [2.75, 3.05) is 38.1 Å². The van der Waals surface area contributed by atoms with Crippen LogP contribution in [0.2, 0.25) is 0 Å². The van der Waals surface area contributed by atoms with Crippen LogP contribution in [-0.4, -0.2) is 49.2 Å². The molecule has 0 spiro atoms. The van der Waals surface area contributed by atoms with E-state index in [2.05, 4.69) is 55.9 Å². The van der Waals surface area contributed by atoms with Gasteiger partial charge in [-0.2, -0.15) is 0 Å². The van der Waals surface area contributed by atoms with Crippen molar-refractivity contribution in [3.63, 3.8) is 0 Å². The molecule has 4 nitrogen and oxygen atoms in total. The Hall–Kier alpha value is -0.650. The smallest absolute Gasteiger partial charge is 0.133 e. The minimum absolute atomic E-state index is 0.665. The first kappa shape index (κ1) is 15.7. The number of nitrogens with zero attached hydrogens (tertiary/aromatic N) is 3. The van der Waals surface area contributed by atoms with E-state index in [0.29, 0.717) is 6.04 Å². The number of anilines is 1. The van der Waals surface area contributed by atoms with Crippen LogP contribution in [0, 0.1) is 0 Å². The second kappa shape index (κ2) is 7.38. The largest absolute Gasteiger partial charge is 0.355 e. The Kier molecular flexibility index (Phi) is 5.81. The van der Waals surface area contributed by atoms with Gasteiger partial charge in [-0.1, -0.05) is 13.8 Å². The Morgan fingerprint density at radius 2 is 2.20 bits per heavy atom. The maximum atomic E-state index is 4.64. The number of nitrogens with one attached hydrogen (secondary N) is 1. The summed E-state index contributed by atoms with van der Waals surface area (Å²) < 4.78 is 1.05. The van der Waals surface area contributed by atoms with Crippen LogP contribution < -0.4 is 10.2 Å². The van der Waals surface area contributed by atoms with E-state index in [9.17, 15) is 0 Å². The number of hydrogen-bond donors (Lipinski definition) is 1. The lowest BCUT2D eigenvalue weighted by atomic mass is 10.2. The van der Waals surface area contributed by atoms with Gasteiger partial charge in [0, 0.05) is 41.9 Å². The normalized spacial score (nSPS) is 19.1. The van der Waals surface area contributed by atoms with Crippen LogP contribution in [0.25, 0.3) is 0 Å². The summed E-state index contributed by atoms with van der Waals surface area (Å²) in [7, 11) is 1.98. The molecule has 20 heavy (non-hydrogen) atoms. The van der Waals surface area contributed by atoms with E-state index in [1.54, 1.807) is 0 Å². The first-order chi connectivity index (χ1) is 9.69. The molecule has 1 aromatic rings. The second-order valence-electron chi connectivity index (χ2n) is 5.28. The van der Waals surface area contributed by atoms with Gasteiger partial charge in [-0.25, -0.2) is 4.98 Å². The van der Waals surface area contributed by atoms with Gasteiger partial charge in [0.05, 0.1) is 0 Å². The molecule has 0 bridgehead atoms. The third-order valence-electron chi connectivity index (χ3n) is 4.07. The van der Waals surface area contributed by atoms with Crippen molar-refractivity contribution in [2.45, 2.75) is 32.9 Å². The fraction of sp³-hybridized carbons (Fsp3) is 0.667. The van der Waals surface area contributed by atoms with Crippen LogP contribution in [-0.2, 0) is 6.54 Å². The first-order valence-corrected chi connectivity index (χ1v) is 8.26. The van der Waals surface area contributed by atoms with E-state index in [-0.39, 0.29) is 0 Å². The van der Waals surface area contributed by atoms with Crippen molar-refractivity contribution in [3.8, 4) is 0 Å². The average Bonchev–Trinajstić information content (AvgIpc) is 2.90. The highest BCUT2D eigenvalue weighted by molar-refractivity contribution is 9.10. The van der Waals surface area contributed by atoms with Crippen LogP contribution in [0.5, 0.6) is 0 Å². The summed E-state index contributed by atoms with van der Waals surface area (Å²) in [6.45, 7) is 9.80. The summed E-state index contributed by atoms with van der Waals surface area (Å²) in [6, 6.07) is 2.83. The average molecular weight is 341 g/mol. The third-order valence-corrected chi connectivity index (χ3v) is 4.50. The molecular weight excluding hydrogens is 316 g/mol. The van der Waals surface area contributed by atoms with Crippen LogP contribution in [0.3, 0.4) is 0 Å². The van der Waals surface area contributed by atoms with E-state index >= 15 is 0 Å². The van der Waals surface area contributed by atoms with Crippen molar-refractivity contribution in [2.24, 2.45) is 0 Å². The van der Waals surface area contributed by atoms with Gasteiger partial charge < -0.3 is 10.2 Å². The van der Waals surface area contributed by atoms with Crippen LogP contribution in [0.1, 0.15) is 25.8 Å². The van der Waals surface area contributed by atoms with Gasteiger partial charge in [0.1, 0.15) is 5.82 Å². The predicted octanol–water partition coefficient (Wildman–Crippen LogP) is 2.48. The quantitative estimate of drug-likeness (QED) is 0.861. The Morgan fingerprint density at radius 1 is 1.45 bits per heavy atom. The molecule has 1 aliphatic rings. The molecule has 1 atom stereocenters. The highest BCUT2D eigenvalue weighted by atomic mass is 79.9. The number of pyridine rings is 1. The summed E-state index contributed by atoms with van der Waals surface area (Å²) >= 11 is 3.52. The zero-order valence-corrected chi connectivity index (χ0v) is 14.3. The van der Waals surface area contributed by atoms with Crippen LogP contribution >= 0.6 is 15.9 Å². The van der Waals surface area contributed by atoms with Gasteiger partial charge in [0.15, 0.2) is 0 Å². The van der Waals surface area contributed by atoms with E-state index in [1.165, 1.54) is 12.0 Å². The number of hydrogen-bond acceptors (Lipinski definition) is 4. The van der Waals surface area contributed by atoms with Crippen molar-refractivity contribution in [3.05, 3.63) is 22.3 Å². The summed E-state index contributed by atoms with van der Waals surface area (Å²) in [5, 5.41) is 3.23. The molecule has 2 heterocycles. The Balaban J connectivity index is 2.13. The summed E-state index contributed by atoms with van der Waals surface area (Å²) in [6.07, 6.45) is 3.14. The van der Waals surface area contributed by atoms with Crippen LogP contribution in [0.15, 0.2) is 16.7 Å². The molecule has 0 amide bonds. The summed E-state index contributed by atoms with van der Waals surface area (Å²) in [4.78, 5) is 9.63. The molecular formula is C15H25BrN4. The molecule has 1 aromatic heterocycles. The highest BCUT2D eigenvalue weighted by Gasteiger charge is 2.28. The Morgan fingerprint density at radius 3 is 2.85 bits per heavy atom. The van der Waals surface area contributed by atoms with Gasteiger partial charge in [0.2, 0.25) is 0 Å². The molecule has 5 heteroatoms. The van der Waals surface area contributed by atoms with Crippen molar-refractivity contribution < 1.29 is 0 Å². The van der Waals surface area contributed by atoms with Crippen molar-refractivity contribution >= 4 is 21.7 Å². The second-order valence-corrected chi connectivity index (χ2v) is 6.19. The van der Waals surface area contributed by atoms with Gasteiger partial charge >= 0.3 is 0 Å². The molecule has 0 radical (unpaired) electrons. The number of likely N-dealkylation sites (N-methyl/N-ethyl adjacent to an activating group) is 1. The Bertz CT molecular complexity index is 434. The molecule has 1 N–H and O–H groups in total. The molecule has 0 aromatic carbocycles. The van der Waals surface area contributed by atoms with Gasteiger partial charge in [-0.3, -0.25) is 4.90 Å². The fourth-order valence-electron chi connectivity index (χ4n) is 3.05. The van der Waals surface area contributed by atoms with Crippen LogP contribution in [0.4, 0.5) is 5.82 Å². The topological polar surface area (TPSA) is 31.4 Å². The highest BCUT2D eigenvalue weighted by Crippen LogP contribution is 2.26. The Labute approximate surface area is 130 Å². The molecule has 0 saturated carbocycles. The summed E-state index contributed by atoms with van der Waals surface area (Å²) in [5.41, 5.74) is 1.27. The third kappa shape index (κ3) is 3.51. The van der Waals surface area contributed by atoms with Crippen molar-refractivity contribution in [1.29, 1.82) is 0 Å². The standard InChI is InChI=1S/C15H25BrN4/c1-4-19(5-2)14-6-7-20(11-14)15-12(9-17-3)8-13(16)10-18-15/h8,10,14,17H,4-7,9,11H2,1-3H3. The first-order valence-electron chi connectivity index (χ1n) is 7.47. The lowest BCUT2D eigenvalue weighted by molar-refractivity contribution is 0.232. The maximum absolute atomic E-state index is 4.64. The predicted molar refractivity (Wildman–Crippen MR) is 88.2 cm³/mol. The maximum Gasteiger partial charge on any atom is 0.133 e. The van der Waals surface area contributed by atoms with Gasteiger partial charge in [-0.05, 0) is 48.6 Å². The molecule has 1 saturated heterocycles. The molecule has 2 rings (SSSR count). The SMILES string of the molecule is CCN(CC)C1CCN(c2ncc(Br)cc2CNC)C1. The summed E-state index contributed by atoms with van der Waals surface area (Å²) in [5.74, 6) is 1.14. The molecule has 1 aliphatic heterocycles. The number of rotatable bonds is 6. The minimum Gasteiger partial charge on any atom is -0.355 e. The minimum atomic E-state index is 0.665. The molecule has 112 valence electrons. The van der Waals surface area contributed by atoms with E-state index in [1.807, 2.05) is 13.2 Å². The van der Waals surface area contributed by atoms with Gasteiger partial charge in [-0.15, -0.1) is 0 Å². The number of aromatic nitrogens is 1. The van der Waals surface area contributed by atoms with Crippen molar-refractivity contribution in [1.82, 2.24) is 15.2 Å². The van der Waals surface area contributed by atoms with E-state index < -0.39 is 0 Å². The van der Waals surface area contributed by atoms with Gasteiger partial charge in [0.25, 0.3) is 0 Å². The fourth-order valence-corrected chi connectivity index (χ4v) is 3.43. The van der Waals surface area contributed by atoms with E-state index in [0.717, 1.165) is 43.0 Å². The monoisotopic (exact) mass is 340 g/mol. The molecule has 1 fully saturated rings. The zero-order chi connectivity index (χ0) is 14.5. The molecule has 1 unspecified atom stereocenters. The lowest BCUT2D eigenvalue weighted by Gasteiger charge is -2.27. The zero-order valence-electron chi connectivity index (χ0n) is 12.7. The van der Waals surface area contributed by atoms with E-state index in [4.69, 9.17) is 0 Å². The molecule has 0 aliphatic carbocycles. The lowest BCUT2D eigenvalue weighted by Crippen LogP contribution is -2.37. The number of halogens is 1.